The van der Waals surface area contributed by atoms with Gasteiger partial charge in [0.15, 0.2) is 0 Å². The topological polar surface area (TPSA) is 243 Å². The molecule has 0 aromatic heterocycles. The van der Waals surface area contributed by atoms with Crippen molar-refractivity contribution in [1.82, 2.24) is 9.80 Å². The van der Waals surface area contributed by atoms with Crippen molar-refractivity contribution in [2.45, 2.75) is 38.4 Å². The maximum absolute atomic E-state index is 12.0. The Morgan fingerprint density at radius 2 is 0.921 bits per heavy atom. The molecule has 0 bridgehead atoms. The van der Waals surface area contributed by atoms with E-state index in [1.807, 2.05) is 0 Å². The van der Waals surface area contributed by atoms with Crippen molar-refractivity contribution in [1.29, 1.82) is 0 Å². The Morgan fingerprint density at radius 1 is 0.605 bits per heavy atom. The normalized spacial score (nSPS) is 14.3. The summed E-state index contributed by atoms with van der Waals surface area (Å²) in [4.78, 5) is 41.0. The van der Waals surface area contributed by atoms with Gasteiger partial charge in [0.1, 0.15) is 24.1 Å². The van der Waals surface area contributed by atoms with Gasteiger partial charge in [0, 0.05) is 35.3 Å². The van der Waals surface area contributed by atoms with Crippen molar-refractivity contribution in [2.75, 3.05) is 25.8 Å². The van der Waals surface area contributed by atoms with Crippen LogP contribution in [0.25, 0.3) is 0 Å². The van der Waals surface area contributed by atoms with Crippen LogP contribution in [0.4, 0.5) is 0 Å². The van der Waals surface area contributed by atoms with Crippen LogP contribution in [0.15, 0.2) is 36.4 Å². The molecule has 0 radical (unpaired) electrons. The highest BCUT2D eigenvalue weighted by Crippen LogP contribution is 2.40. The summed E-state index contributed by atoms with van der Waals surface area (Å²) in [6.07, 6.45) is -1.90. The molecule has 2 aromatic carbocycles. The molecule has 38 heavy (non-hydrogen) atoms. The maximum Gasteiger partial charge on any atom is 0.339 e. The minimum absolute atomic E-state index is 0.134. The highest BCUT2D eigenvalue weighted by molar-refractivity contribution is 7.51. The molecule has 16 heteroatoms. The third-order valence-corrected chi connectivity index (χ3v) is 7.45. The van der Waals surface area contributed by atoms with Gasteiger partial charge in [0.25, 0.3) is 0 Å². The van der Waals surface area contributed by atoms with Gasteiger partial charge in [-0.3, -0.25) is 18.9 Å². The number of aromatic hydroxyl groups is 2. The quantitative estimate of drug-likeness (QED) is 0.118. The highest BCUT2D eigenvalue weighted by atomic mass is 31.2. The molecule has 10 N–H and O–H groups in total. The fraction of sp³-hybridized carbons (Fsp3) is 0.455. The van der Waals surface area contributed by atoms with Gasteiger partial charge in [-0.15, -0.1) is 0 Å². The molecule has 0 saturated heterocycles. The van der Waals surface area contributed by atoms with Gasteiger partial charge in [-0.05, 0) is 0 Å². The summed E-state index contributed by atoms with van der Waals surface area (Å²) in [5, 5.41) is 60.4. The SMILES string of the molecule is O=P(O)(O)CN(Cc1cccc(CO)c1O)C(CO)C(CO)N(Cc1cccc(CO)c1O)CP(=O)(O)O. The molecular weight excluding hydrogens is 546 g/mol. The molecule has 2 unspecified atom stereocenters. The lowest BCUT2D eigenvalue weighted by molar-refractivity contribution is 0.0157. The standard InChI is InChI=1S/C22H34N2O12P2/c25-9-17-5-1-3-15(21(17)29)7-23(13-37(31,32)33)19(11-27)20(12-28)24(14-38(34,35)36)8-16-4-2-6-18(10-26)22(16)30/h1-6,19-20,25-30H,7-14H2,(H2,31,32,33)(H2,34,35,36). The first-order valence-electron chi connectivity index (χ1n) is 11.3. The second-order valence-corrected chi connectivity index (χ2v) is 12.0. The van der Waals surface area contributed by atoms with Gasteiger partial charge >= 0.3 is 15.2 Å². The smallest absolute Gasteiger partial charge is 0.339 e. The van der Waals surface area contributed by atoms with Crippen molar-refractivity contribution >= 4 is 15.2 Å². The molecule has 214 valence electrons. The van der Waals surface area contributed by atoms with E-state index in [1.165, 1.54) is 36.4 Å². The molecule has 0 saturated carbocycles. The summed E-state index contributed by atoms with van der Waals surface area (Å²) in [7, 11) is -9.61. The predicted octanol–water partition coefficient (Wildman–Crippen LogP) is -0.621. The zero-order valence-corrected chi connectivity index (χ0v) is 22.1. The minimum atomic E-state index is -4.80. The van der Waals surface area contributed by atoms with Crippen LogP contribution in [-0.4, -0.2) is 97.9 Å². The summed E-state index contributed by atoms with van der Waals surface area (Å²) < 4.78 is 24.0. The van der Waals surface area contributed by atoms with Crippen LogP contribution in [-0.2, 0) is 35.4 Å². The Bertz CT molecular complexity index is 1070. The lowest BCUT2D eigenvalue weighted by atomic mass is 10.0. The van der Waals surface area contributed by atoms with Gasteiger partial charge in [-0.25, -0.2) is 0 Å². The molecular formula is C22H34N2O12P2. The molecule has 0 heterocycles. The number of phenols is 2. The first-order valence-corrected chi connectivity index (χ1v) is 14.9. The Labute approximate surface area is 219 Å². The average molecular weight is 580 g/mol. The van der Waals surface area contributed by atoms with E-state index in [9.17, 15) is 59.3 Å². The summed E-state index contributed by atoms with van der Waals surface area (Å²) in [6, 6.07) is 6.03. The van der Waals surface area contributed by atoms with Crippen molar-refractivity contribution < 1.29 is 59.3 Å². The predicted molar refractivity (Wildman–Crippen MR) is 135 cm³/mol. The van der Waals surface area contributed by atoms with Crippen LogP contribution in [0.1, 0.15) is 22.3 Å². The molecule has 2 aromatic rings. The number of aliphatic hydroxyl groups is 4. The van der Waals surface area contributed by atoms with Crippen LogP contribution in [0.3, 0.4) is 0 Å². The second kappa shape index (κ2) is 13.9. The van der Waals surface area contributed by atoms with E-state index < -0.39 is 66.3 Å². The number of para-hydroxylation sites is 2. The molecule has 2 rings (SSSR count). The number of hydrogen-bond acceptors (Lipinski definition) is 10. The lowest BCUT2D eigenvalue weighted by Crippen LogP contribution is -2.55. The Morgan fingerprint density at radius 3 is 1.18 bits per heavy atom. The highest BCUT2D eigenvalue weighted by Gasteiger charge is 2.37. The van der Waals surface area contributed by atoms with Crippen LogP contribution in [0, 0.1) is 0 Å². The van der Waals surface area contributed by atoms with Gasteiger partial charge in [0.05, 0.1) is 38.5 Å². The zero-order valence-electron chi connectivity index (χ0n) is 20.4. The second-order valence-electron chi connectivity index (χ2n) is 8.77. The maximum atomic E-state index is 12.0. The average Bonchev–Trinajstić information content (AvgIpc) is 2.82. The first kappa shape index (κ1) is 32.3. The van der Waals surface area contributed by atoms with E-state index in [1.54, 1.807) is 0 Å². The molecule has 0 aliphatic heterocycles. The minimum Gasteiger partial charge on any atom is -0.507 e. The lowest BCUT2D eigenvalue weighted by Gasteiger charge is -2.41. The molecule has 0 fully saturated rings. The zero-order chi connectivity index (χ0) is 28.7. The fourth-order valence-electron chi connectivity index (χ4n) is 4.22. The van der Waals surface area contributed by atoms with E-state index in [0.29, 0.717) is 0 Å². The summed E-state index contributed by atoms with van der Waals surface area (Å²) in [6.45, 7) is -3.44. The third-order valence-electron chi connectivity index (χ3n) is 5.98. The number of benzene rings is 2. The molecule has 0 amide bonds. The van der Waals surface area contributed by atoms with Crippen LogP contribution in [0.5, 0.6) is 11.5 Å². The van der Waals surface area contributed by atoms with E-state index >= 15 is 0 Å². The molecule has 0 spiro atoms. The van der Waals surface area contributed by atoms with Crippen LogP contribution >= 0.6 is 15.2 Å². The van der Waals surface area contributed by atoms with Crippen molar-refractivity contribution in [3.63, 3.8) is 0 Å². The van der Waals surface area contributed by atoms with Crippen molar-refractivity contribution in [2.24, 2.45) is 0 Å². The first-order chi connectivity index (χ1) is 17.7. The number of nitrogens with zero attached hydrogens (tertiary/aromatic N) is 2. The third kappa shape index (κ3) is 9.09. The fourth-order valence-corrected chi connectivity index (χ4v) is 5.78. The summed E-state index contributed by atoms with van der Waals surface area (Å²) >= 11 is 0. The van der Waals surface area contributed by atoms with Crippen LogP contribution in [0.2, 0.25) is 0 Å². The molecule has 0 aliphatic rings. The van der Waals surface area contributed by atoms with Crippen molar-refractivity contribution in [3.05, 3.63) is 58.7 Å². The Kier molecular flexibility index (Phi) is 11.9. The van der Waals surface area contributed by atoms with Crippen LogP contribution < -0.4 is 0 Å². The summed E-state index contributed by atoms with van der Waals surface area (Å²) in [5.41, 5.74) is 0.547. The number of aliphatic hydroxyl groups excluding tert-OH is 4. The van der Waals surface area contributed by atoms with E-state index in [-0.39, 0.29) is 46.8 Å². The van der Waals surface area contributed by atoms with Gasteiger partial charge < -0.3 is 50.2 Å². The van der Waals surface area contributed by atoms with Gasteiger partial charge in [-0.1, -0.05) is 36.4 Å². The van der Waals surface area contributed by atoms with E-state index in [2.05, 4.69) is 0 Å². The summed E-state index contributed by atoms with van der Waals surface area (Å²) in [5.74, 6) is -0.693. The Hall–Kier alpha value is -1.90. The Balaban J connectivity index is 2.55. The molecule has 14 nitrogen and oxygen atoms in total. The van der Waals surface area contributed by atoms with Crippen molar-refractivity contribution in [3.8, 4) is 11.5 Å². The van der Waals surface area contributed by atoms with E-state index in [0.717, 1.165) is 9.80 Å². The monoisotopic (exact) mass is 580 g/mol. The number of hydrogen-bond donors (Lipinski definition) is 10. The molecule has 0 aliphatic carbocycles. The largest absolute Gasteiger partial charge is 0.507 e. The van der Waals surface area contributed by atoms with Gasteiger partial charge in [0.2, 0.25) is 0 Å². The van der Waals surface area contributed by atoms with E-state index in [4.69, 9.17) is 0 Å². The number of rotatable bonds is 15. The molecule has 2 atom stereocenters. The van der Waals surface area contributed by atoms with Gasteiger partial charge in [-0.2, -0.15) is 0 Å².